The fraction of sp³-hybridized carbons (Fsp3) is 1.00. The number of hydrogen-bond donors (Lipinski definition) is 0. The highest BCUT2D eigenvalue weighted by molar-refractivity contribution is 6.60. The standard InChI is InChI=1S/C9H24OSi2/c1-6-9(5)12(7-2)10-11-8(3)4/h8-9,12H,6-7,11H2,1-5H3. The first-order chi connectivity index (χ1) is 5.61. The van der Waals surface area contributed by atoms with Crippen molar-refractivity contribution < 1.29 is 4.12 Å². The molecule has 0 aromatic heterocycles. The van der Waals surface area contributed by atoms with Gasteiger partial charge < -0.3 is 4.12 Å². The highest BCUT2D eigenvalue weighted by Crippen LogP contribution is 2.18. The SMILES string of the molecule is CCC(C)[SiH](CC)O[SiH2]C(C)C. The molecule has 0 fully saturated rings. The molecule has 0 spiro atoms. The fourth-order valence-electron chi connectivity index (χ4n) is 1.26. The zero-order valence-electron chi connectivity index (χ0n) is 9.26. The molecule has 0 aliphatic rings. The van der Waals surface area contributed by atoms with Gasteiger partial charge in [0.15, 0.2) is 9.04 Å². The van der Waals surface area contributed by atoms with Crippen LogP contribution in [0.25, 0.3) is 0 Å². The Kier molecular flexibility index (Phi) is 7.09. The van der Waals surface area contributed by atoms with Crippen molar-refractivity contribution in [2.24, 2.45) is 0 Å². The molecule has 0 rings (SSSR count). The first-order valence-electron chi connectivity index (χ1n) is 5.23. The van der Waals surface area contributed by atoms with Crippen LogP contribution in [-0.2, 0) is 4.12 Å². The zero-order chi connectivity index (χ0) is 9.56. The van der Waals surface area contributed by atoms with Crippen LogP contribution in [-0.4, -0.2) is 18.8 Å². The molecule has 0 radical (unpaired) electrons. The topological polar surface area (TPSA) is 9.23 Å². The second kappa shape index (κ2) is 6.86. The highest BCUT2D eigenvalue weighted by Gasteiger charge is 2.16. The summed E-state index contributed by atoms with van der Waals surface area (Å²) in [5.41, 5.74) is 1.71. The lowest BCUT2D eigenvalue weighted by molar-refractivity contribution is 0.564. The maximum Gasteiger partial charge on any atom is 0.165 e. The summed E-state index contributed by atoms with van der Waals surface area (Å²) in [5, 5.41) is 0. The average molecular weight is 204 g/mol. The largest absolute Gasteiger partial charge is 0.462 e. The van der Waals surface area contributed by atoms with Crippen LogP contribution in [0.5, 0.6) is 0 Å². The average Bonchev–Trinajstić information content (AvgIpc) is 2.04. The van der Waals surface area contributed by atoms with Crippen molar-refractivity contribution in [1.29, 1.82) is 0 Å². The predicted octanol–water partition coefficient (Wildman–Crippen LogP) is 2.46. The minimum Gasteiger partial charge on any atom is -0.462 e. The lowest BCUT2D eigenvalue weighted by atomic mass is 10.4. The third-order valence-corrected chi connectivity index (χ3v) is 8.02. The molecule has 0 heterocycles. The van der Waals surface area contributed by atoms with Crippen LogP contribution in [0.3, 0.4) is 0 Å². The van der Waals surface area contributed by atoms with Crippen molar-refractivity contribution in [3.8, 4) is 0 Å². The molecule has 0 aliphatic carbocycles. The van der Waals surface area contributed by atoms with Crippen molar-refractivity contribution in [2.75, 3.05) is 0 Å². The second-order valence-corrected chi connectivity index (χ2v) is 10.4. The minimum absolute atomic E-state index is 0.203. The quantitative estimate of drug-likeness (QED) is 0.604. The Morgan fingerprint density at radius 3 is 2.17 bits per heavy atom. The lowest BCUT2D eigenvalue weighted by Gasteiger charge is -2.21. The Bertz CT molecular complexity index is 107. The summed E-state index contributed by atoms with van der Waals surface area (Å²) < 4.78 is 6.08. The van der Waals surface area contributed by atoms with E-state index < -0.39 is 9.04 Å². The predicted molar refractivity (Wildman–Crippen MR) is 62.1 cm³/mol. The van der Waals surface area contributed by atoms with Crippen molar-refractivity contribution in [1.82, 2.24) is 0 Å². The van der Waals surface area contributed by atoms with Crippen LogP contribution in [0.15, 0.2) is 0 Å². The third kappa shape index (κ3) is 5.11. The summed E-state index contributed by atoms with van der Waals surface area (Å²) in [6.07, 6.45) is 1.30. The lowest BCUT2D eigenvalue weighted by Crippen LogP contribution is -2.25. The van der Waals surface area contributed by atoms with E-state index in [4.69, 9.17) is 4.12 Å². The van der Waals surface area contributed by atoms with Gasteiger partial charge in [0, 0.05) is 0 Å². The van der Waals surface area contributed by atoms with E-state index in [0.29, 0.717) is 0 Å². The molecule has 2 unspecified atom stereocenters. The number of hydrogen-bond acceptors (Lipinski definition) is 1. The van der Waals surface area contributed by atoms with Gasteiger partial charge in [0.2, 0.25) is 0 Å². The van der Waals surface area contributed by atoms with E-state index in [0.717, 1.165) is 11.1 Å². The minimum atomic E-state index is -0.801. The highest BCUT2D eigenvalue weighted by atomic mass is 28.3. The normalized spacial score (nSPS) is 17.5. The van der Waals surface area contributed by atoms with Gasteiger partial charge in [-0.3, -0.25) is 0 Å². The smallest absolute Gasteiger partial charge is 0.165 e. The monoisotopic (exact) mass is 204 g/mol. The van der Waals surface area contributed by atoms with Crippen LogP contribution in [0.4, 0.5) is 0 Å². The summed E-state index contributed by atoms with van der Waals surface area (Å²) in [6, 6.07) is 1.31. The van der Waals surface area contributed by atoms with E-state index in [2.05, 4.69) is 34.6 Å². The third-order valence-electron chi connectivity index (χ3n) is 2.32. The molecule has 0 aliphatic heterocycles. The maximum absolute atomic E-state index is 6.08. The summed E-state index contributed by atoms with van der Waals surface area (Å²) in [5.74, 6) is 0. The van der Waals surface area contributed by atoms with Gasteiger partial charge in [-0.25, -0.2) is 0 Å². The summed E-state index contributed by atoms with van der Waals surface area (Å²) in [4.78, 5) is 0. The molecule has 0 saturated heterocycles. The van der Waals surface area contributed by atoms with Crippen molar-refractivity contribution >= 4 is 18.8 Å². The van der Waals surface area contributed by atoms with Gasteiger partial charge in [-0.15, -0.1) is 0 Å². The molecular weight excluding hydrogens is 180 g/mol. The first-order valence-corrected chi connectivity index (χ1v) is 8.58. The van der Waals surface area contributed by atoms with Crippen LogP contribution < -0.4 is 0 Å². The molecule has 12 heavy (non-hydrogen) atoms. The van der Waals surface area contributed by atoms with Crippen LogP contribution >= 0.6 is 0 Å². The van der Waals surface area contributed by atoms with E-state index in [1.165, 1.54) is 12.5 Å². The van der Waals surface area contributed by atoms with Crippen LogP contribution in [0.2, 0.25) is 17.1 Å². The van der Waals surface area contributed by atoms with Gasteiger partial charge >= 0.3 is 0 Å². The molecule has 3 heteroatoms. The maximum atomic E-state index is 6.08. The van der Waals surface area contributed by atoms with Gasteiger partial charge in [0.05, 0.1) is 0 Å². The Balaban J connectivity index is 3.67. The summed E-state index contributed by atoms with van der Waals surface area (Å²) in [6.45, 7) is 11.5. The van der Waals surface area contributed by atoms with E-state index >= 15 is 0 Å². The zero-order valence-corrected chi connectivity index (χ0v) is 11.8. The Morgan fingerprint density at radius 2 is 1.83 bits per heavy atom. The molecule has 2 atom stereocenters. The molecule has 74 valence electrons. The Morgan fingerprint density at radius 1 is 1.25 bits per heavy atom. The molecule has 0 amide bonds. The Labute approximate surface area is 81.6 Å². The number of rotatable bonds is 6. The molecule has 0 aromatic carbocycles. The van der Waals surface area contributed by atoms with Gasteiger partial charge in [-0.1, -0.05) is 41.0 Å². The second-order valence-electron chi connectivity index (χ2n) is 4.06. The molecular formula is C9H24OSi2. The van der Waals surface area contributed by atoms with Gasteiger partial charge in [-0.05, 0) is 17.1 Å². The van der Waals surface area contributed by atoms with Gasteiger partial charge in [0.25, 0.3) is 0 Å². The summed E-state index contributed by atoms with van der Waals surface area (Å²) >= 11 is 0. The van der Waals surface area contributed by atoms with Crippen molar-refractivity contribution in [2.45, 2.75) is 58.2 Å². The molecule has 0 saturated carbocycles. The van der Waals surface area contributed by atoms with Crippen LogP contribution in [0.1, 0.15) is 41.0 Å². The van der Waals surface area contributed by atoms with Gasteiger partial charge in [-0.2, -0.15) is 0 Å². The Hall–Kier alpha value is 0.394. The fourth-order valence-corrected chi connectivity index (χ4v) is 7.38. The van der Waals surface area contributed by atoms with E-state index in [-0.39, 0.29) is 9.76 Å². The first kappa shape index (κ1) is 12.4. The van der Waals surface area contributed by atoms with Crippen molar-refractivity contribution in [3.05, 3.63) is 0 Å². The van der Waals surface area contributed by atoms with Gasteiger partial charge in [0.1, 0.15) is 9.76 Å². The molecule has 1 nitrogen and oxygen atoms in total. The molecule has 0 bridgehead atoms. The van der Waals surface area contributed by atoms with E-state index in [1.54, 1.807) is 0 Å². The molecule has 0 N–H and O–H groups in total. The van der Waals surface area contributed by atoms with E-state index in [9.17, 15) is 0 Å². The van der Waals surface area contributed by atoms with Crippen molar-refractivity contribution in [3.63, 3.8) is 0 Å². The summed E-state index contributed by atoms with van der Waals surface area (Å²) in [7, 11) is -1.00. The molecule has 0 aromatic rings. The van der Waals surface area contributed by atoms with E-state index in [1.807, 2.05) is 0 Å². The van der Waals surface area contributed by atoms with Crippen LogP contribution in [0, 0.1) is 0 Å².